The number of nitrogens with zero attached hydrogens (tertiary/aromatic N) is 2. The first-order valence-electron chi connectivity index (χ1n) is 5.81. The fourth-order valence-corrected chi connectivity index (χ4v) is 1.39. The number of amides is 2. The smallest absolute Gasteiger partial charge is 0.242 e. The molecule has 1 heterocycles. The van der Waals surface area contributed by atoms with Gasteiger partial charge in [0.1, 0.15) is 5.82 Å². The van der Waals surface area contributed by atoms with Crippen LogP contribution in [0.2, 0.25) is 0 Å². The molecule has 0 fully saturated rings. The van der Waals surface area contributed by atoms with Crippen LogP contribution in [0.5, 0.6) is 0 Å². The number of carbonyl (C=O) groups is 2. The molecule has 3 N–H and O–H groups in total. The Morgan fingerprint density at radius 1 is 1.56 bits per heavy atom. The van der Waals surface area contributed by atoms with Crippen LogP contribution in [0.25, 0.3) is 0 Å². The zero-order chi connectivity index (χ0) is 13.4. The number of carbonyl (C=O) groups excluding carboxylic acids is 2. The van der Waals surface area contributed by atoms with Gasteiger partial charge in [0.25, 0.3) is 0 Å². The molecule has 1 aromatic rings. The summed E-state index contributed by atoms with van der Waals surface area (Å²) in [6.45, 7) is 2.02. The van der Waals surface area contributed by atoms with Crippen molar-refractivity contribution in [3.63, 3.8) is 0 Å². The van der Waals surface area contributed by atoms with Gasteiger partial charge < -0.3 is 20.3 Å². The SMILES string of the molecule is CCC(=O)NCC(=O)N(CCO)Cc1ncc[nH]1. The lowest BCUT2D eigenvalue weighted by Crippen LogP contribution is -2.41. The van der Waals surface area contributed by atoms with Crippen LogP contribution in [0.1, 0.15) is 19.2 Å². The number of imidazole rings is 1. The first-order valence-corrected chi connectivity index (χ1v) is 5.81. The van der Waals surface area contributed by atoms with Crippen molar-refractivity contribution in [1.29, 1.82) is 0 Å². The Hall–Kier alpha value is -1.89. The predicted molar refractivity (Wildman–Crippen MR) is 64.4 cm³/mol. The van der Waals surface area contributed by atoms with Crippen LogP contribution in [0.3, 0.4) is 0 Å². The molecule has 100 valence electrons. The van der Waals surface area contributed by atoms with Gasteiger partial charge in [-0.25, -0.2) is 4.98 Å². The molecule has 2 amide bonds. The number of aliphatic hydroxyl groups excluding tert-OH is 1. The van der Waals surface area contributed by atoms with Crippen molar-refractivity contribution in [3.05, 3.63) is 18.2 Å². The maximum atomic E-state index is 11.8. The number of hydrogen-bond acceptors (Lipinski definition) is 4. The first-order chi connectivity index (χ1) is 8.67. The molecule has 0 saturated carbocycles. The molecule has 0 spiro atoms. The van der Waals surface area contributed by atoms with E-state index in [9.17, 15) is 9.59 Å². The lowest BCUT2D eigenvalue weighted by atomic mass is 10.4. The van der Waals surface area contributed by atoms with Gasteiger partial charge in [-0.2, -0.15) is 0 Å². The molecule has 0 bridgehead atoms. The van der Waals surface area contributed by atoms with E-state index in [4.69, 9.17) is 5.11 Å². The lowest BCUT2D eigenvalue weighted by molar-refractivity contribution is -0.133. The molecule has 0 atom stereocenters. The highest BCUT2D eigenvalue weighted by Crippen LogP contribution is 1.98. The maximum Gasteiger partial charge on any atom is 0.242 e. The molecule has 0 saturated heterocycles. The first kappa shape index (κ1) is 14.2. The fraction of sp³-hybridized carbons (Fsp3) is 0.545. The number of aliphatic hydroxyl groups is 1. The van der Waals surface area contributed by atoms with E-state index in [2.05, 4.69) is 15.3 Å². The van der Waals surface area contributed by atoms with E-state index in [0.717, 1.165) is 0 Å². The summed E-state index contributed by atoms with van der Waals surface area (Å²) in [5.74, 6) is 0.214. The Morgan fingerprint density at radius 2 is 2.33 bits per heavy atom. The highest BCUT2D eigenvalue weighted by atomic mass is 16.3. The van der Waals surface area contributed by atoms with Crippen molar-refractivity contribution >= 4 is 11.8 Å². The third-order valence-electron chi connectivity index (χ3n) is 2.38. The molecule has 0 radical (unpaired) electrons. The molecular weight excluding hydrogens is 236 g/mol. The summed E-state index contributed by atoms with van der Waals surface area (Å²) in [6, 6.07) is 0. The second-order valence-corrected chi connectivity index (χ2v) is 3.71. The second kappa shape index (κ2) is 7.44. The van der Waals surface area contributed by atoms with Gasteiger partial charge in [-0.15, -0.1) is 0 Å². The Kier molecular flexibility index (Phi) is 5.86. The standard InChI is InChI=1S/C11H18N4O3/c1-2-10(17)14-7-11(18)15(5-6-16)8-9-12-3-4-13-9/h3-4,16H,2,5-8H2,1H3,(H,12,13)(H,14,17). The third kappa shape index (κ3) is 4.54. The molecule has 0 aliphatic rings. The highest BCUT2D eigenvalue weighted by molar-refractivity contribution is 5.84. The van der Waals surface area contributed by atoms with Crippen molar-refractivity contribution in [3.8, 4) is 0 Å². The fourth-order valence-electron chi connectivity index (χ4n) is 1.39. The monoisotopic (exact) mass is 254 g/mol. The van der Waals surface area contributed by atoms with Gasteiger partial charge >= 0.3 is 0 Å². The van der Waals surface area contributed by atoms with Crippen LogP contribution in [0.4, 0.5) is 0 Å². The summed E-state index contributed by atoms with van der Waals surface area (Å²) < 4.78 is 0. The van der Waals surface area contributed by atoms with E-state index in [1.807, 2.05) is 0 Å². The quantitative estimate of drug-likeness (QED) is 0.596. The molecule has 1 aromatic heterocycles. The topological polar surface area (TPSA) is 98.3 Å². The van der Waals surface area contributed by atoms with E-state index >= 15 is 0 Å². The Morgan fingerprint density at radius 3 is 2.89 bits per heavy atom. The number of aromatic amines is 1. The molecule has 0 aromatic carbocycles. The molecule has 0 unspecified atom stereocenters. The molecule has 1 rings (SSSR count). The number of H-pyrrole nitrogens is 1. The zero-order valence-electron chi connectivity index (χ0n) is 10.3. The van der Waals surface area contributed by atoms with Gasteiger partial charge in [0.2, 0.25) is 11.8 Å². The van der Waals surface area contributed by atoms with Gasteiger partial charge in [-0.05, 0) is 0 Å². The Labute approximate surface area is 105 Å². The lowest BCUT2D eigenvalue weighted by Gasteiger charge is -2.20. The summed E-state index contributed by atoms with van der Waals surface area (Å²) >= 11 is 0. The zero-order valence-corrected chi connectivity index (χ0v) is 10.3. The third-order valence-corrected chi connectivity index (χ3v) is 2.38. The summed E-state index contributed by atoms with van der Waals surface area (Å²) in [5.41, 5.74) is 0. The van der Waals surface area contributed by atoms with Gasteiger partial charge in [-0.3, -0.25) is 9.59 Å². The average molecular weight is 254 g/mol. The number of nitrogens with one attached hydrogen (secondary N) is 2. The van der Waals surface area contributed by atoms with Crippen LogP contribution in [-0.4, -0.2) is 51.5 Å². The number of rotatable bonds is 7. The minimum atomic E-state index is -0.248. The van der Waals surface area contributed by atoms with Crippen molar-refractivity contribution in [2.24, 2.45) is 0 Å². The van der Waals surface area contributed by atoms with E-state index in [1.54, 1.807) is 19.3 Å². The molecule has 7 heteroatoms. The minimum Gasteiger partial charge on any atom is -0.395 e. The summed E-state index contributed by atoms with van der Waals surface area (Å²) in [5, 5.41) is 11.4. The Balaban J connectivity index is 2.49. The van der Waals surface area contributed by atoms with Crippen LogP contribution in [0, 0.1) is 0 Å². The van der Waals surface area contributed by atoms with Gasteiger partial charge in [0, 0.05) is 25.4 Å². The van der Waals surface area contributed by atoms with E-state index in [-0.39, 0.29) is 38.1 Å². The molecule has 0 aliphatic heterocycles. The second-order valence-electron chi connectivity index (χ2n) is 3.71. The van der Waals surface area contributed by atoms with Crippen LogP contribution in [0.15, 0.2) is 12.4 Å². The van der Waals surface area contributed by atoms with Crippen LogP contribution >= 0.6 is 0 Å². The van der Waals surface area contributed by atoms with Crippen molar-refractivity contribution < 1.29 is 14.7 Å². The largest absolute Gasteiger partial charge is 0.395 e. The minimum absolute atomic E-state index is 0.0621. The summed E-state index contributed by atoms with van der Waals surface area (Å²) in [7, 11) is 0. The summed E-state index contributed by atoms with van der Waals surface area (Å²) in [6.07, 6.45) is 3.59. The average Bonchev–Trinajstić information content (AvgIpc) is 2.87. The van der Waals surface area contributed by atoms with Crippen molar-refractivity contribution in [2.45, 2.75) is 19.9 Å². The van der Waals surface area contributed by atoms with Crippen LogP contribution in [-0.2, 0) is 16.1 Å². The van der Waals surface area contributed by atoms with Crippen molar-refractivity contribution in [2.75, 3.05) is 19.7 Å². The number of aromatic nitrogens is 2. The van der Waals surface area contributed by atoms with E-state index in [1.165, 1.54) is 4.90 Å². The molecular formula is C11H18N4O3. The van der Waals surface area contributed by atoms with Crippen LogP contribution < -0.4 is 5.32 Å². The Bertz CT molecular complexity index is 378. The van der Waals surface area contributed by atoms with Gasteiger partial charge in [-0.1, -0.05) is 6.92 Å². The van der Waals surface area contributed by atoms with Crippen molar-refractivity contribution in [1.82, 2.24) is 20.2 Å². The molecule has 0 aliphatic carbocycles. The molecule has 7 nitrogen and oxygen atoms in total. The van der Waals surface area contributed by atoms with E-state index in [0.29, 0.717) is 12.2 Å². The summed E-state index contributed by atoms with van der Waals surface area (Å²) in [4.78, 5) is 31.2. The van der Waals surface area contributed by atoms with Gasteiger partial charge in [0.05, 0.1) is 19.7 Å². The number of hydrogen-bond donors (Lipinski definition) is 3. The van der Waals surface area contributed by atoms with E-state index < -0.39 is 0 Å². The highest BCUT2D eigenvalue weighted by Gasteiger charge is 2.15. The maximum absolute atomic E-state index is 11.8. The van der Waals surface area contributed by atoms with Gasteiger partial charge in [0.15, 0.2) is 0 Å². The predicted octanol–water partition coefficient (Wildman–Crippen LogP) is -0.743. The molecule has 18 heavy (non-hydrogen) atoms. The normalized spacial score (nSPS) is 10.1.